The molecule has 2 aromatic carbocycles. The van der Waals surface area contributed by atoms with Crippen molar-refractivity contribution < 1.29 is 13.2 Å². The van der Waals surface area contributed by atoms with Crippen LogP contribution in [0.3, 0.4) is 0 Å². The zero-order valence-electron chi connectivity index (χ0n) is 18.4. The molecule has 6 nitrogen and oxygen atoms in total. The van der Waals surface area contributed by atoms with Crippen LogP contribution in [-0.2, 0) is 16.6 Å². The summed E-state index contributed by atoms with van der Waals surface area (Å²) in [7, 11) is -0.369. The average molecular weight is 460 g/mol. The Bertz CT molecular complexity index is 1160. The number of unbranched alkanes of at least 4 members (excludes halogenated alkanes) is 1. The summed E-state index contributed by atoms with van der Waals surface area (Å²) in [5.74, 6) is 0.833. The molecule has 0 saturated heterocycles. The molecule has 0 radical (unpaired) electrons. The van der Waals surface area contributed by atoms with Crippen LogP contribution in [0.15, 0.2) is 63.8 Å². The third kappa shape index (κ3) is 5.44. The van der Waals surface area contributed by atoms with Crippen LogP contribution >= 0.6 is 11.3 Å². The summed E-state index contributed by atoms with van der Waals surface area (Å²) < 4.78 is 33.7. The van der Waals surface area contributed by atoms with Crippen molar-refractivity contribution in [3.8, 4) is 17.0 Å². The van der Waals surface area contributed by atoms with Gasteiger partial charge in [-0.15, -0.1) is 11.3 Å². The zero-order valence-corrected chi connectivity index (χ0v) is 20.0. The molecule has 0 bridgehead atoms. The van der Waals surface area contributed by atoms with Crippen molar-refractivity contribution in [3.05, 3.63) is 58.7 Å². The third-order valence-electron chi connectivity index (χ3n) is 4.83. The van der Waals surface area contributed by atoms with Crippen LogP contribution in [0.1, 0.15) is 26.7 Å². The van der Waals surface area contributed by atoms with Crippen molar-refractivity contribution in [2.45, 2.75) is 38.1 Å². The number of sulfonamides is 1. The van der Waals surface area contributed by atoms with Gasteiger partial charge in [-0.3, -0.25) is 0 Å². The van der Waals surface area contributed by atoms with Crippen molar-refractivity contribution in [1.29, 1.82) is 0 Å². The van der Waals surface area contributed by atoms with E-state index < -0.39 is 10.0 Å². The standard InChI is InChI=1S/C23H29N3O3S2/c1-5-7-16-26-22(18-8-14-21(15-9-18)31(27,28)25(3)4)17-30-23(26)24-19-10-12-20(13-11-19)29-6-2/h8-15,17H,5-7,16H2,1-4H3. The zero-order chi connectivity index (χ0) is 22.4. The third-order valence-corrected chi connectivity index (χ3v) is 7.53. The van der Waals surface area contributed by atoms with Gasteiger partial charge in [0, 0.05) is 26.0 Å². The Balaban J connectivity index is 1.99. The summed E-state index contributed by atoms with van der Waals surface area (Å²) in [6.45, 7) is 5.61. The summed E-state index contributed by atoms with van der Waals surface area (Å²) in [5.41, 5.74) is 2.88. The minimum Gasteiger partial charge on any atom is -0.494 e. The molecule has 3 rings (SSSR count). The summed E-state index contributed by atoms with van der Waals surface area (Å²) in [6.07, 6.45) is 2.11. The Kier molecular flexibility index (Phi) is 7.69. The Morgan fingerprint density at radius 1 is 1.03 bits per heavy atom. The highest BCUT2D eigenvalue weighted by atomic mass is 32.2. The Morgan fingerprint density at radius 3 is 2.29 bits per heavy atom. The maximum absolute atomic E-state index is 12.4. The van der Waals surface area contributed by atoms with Crippen molar-refractivity contribution in [2.75, 3.05) is 20.7 Å². The first-order valence-electron chi connectivity index (χ1n) is 10.4. The lowest BCUT2D eigenvalue weighted by atomic mass is 10.1. The topological polar surface area (TPSA) is 63.9 Å². The fraction of sp³-hybridized carbons (Fsp3) is 0.348. The van der Waals surface area contributed by atoms with Crippen LogP contribution in [0.2, 0.25) is 0 Å². The summed E-state index contributed by atoms with van der Waals surface area (Å²) in [4.78, 5) is 6.05. The molecular formula is C23H29N3O3S2. The lowest BCUT2D eigenvalue weighted by Gasteiger charge is -2.12. The summed E-state index contributed by atoms with van der Waals surface area (Å²) in [5, 5.41) is 2.08. The van der Waals surface area contributed by atoms with Crippen LogP contribution in [0.4, 0.5) is 5.69 Å². The minimum absolute atomic E-state index is 0.288. The normalized spacial score (nSPS) is 12.5. The Labute approximate surface area is 188 Å². The van der Waals surface area contributed by atoms with Crippen LogP contribution < -0.4 is 9.54 Å². The van der Waals surface area contributed by atoms with Gasteiger partial charge in [-0.1, -0.05) is 25.5 Å². The number of benzene rings is 2. The quantitative estimate of drug-likeness (QED) is 0.457. The Hall–Kier alpha value is -2.42. The molecule has 0 amide bonds. The van der Waals surface area contributed by atoms with Gasteiger partial charge in [-0.05, 0) is 55.3 Å². The first kappa shape index (κ1) is 23.2. The van der Waals surface area contributed by atoms with E-state index in [0.717, 1.165) is 46.9 Å². The lowest BCUT2D eigenvalue weighted by Crippen LogP contribution is -2.22. The molecule has 1 aromatic heterocycles. The van der Waals surface area contributed by atoms with Gasteiger partial charge in [0.2, 0.25) is 10.0 Å². The van der Waals surface area contributed by atoms with Gasteiger partial charge in [-0.2, -0.15) is 0 Å². The number of thiazole rings is 1. The first-order chi connectivity index (χ1) is 14.9. The van der Waals surface area contributed by atoms with Gasteiger partial charge in [-0.25, -0.2) is 17.7 Å². The summed E-state index contributed by atoms with van der Waals surface area (Å²) in [6, 6.07) is 14.8. The van der Waals surface area contributed by atoms with E-state index in [9.17, 15) is 8.42 Å². The highest BCUT2D eigenvalue weighted by molar-refractivity contribution is 7.89. The van der Waals surface area contributed by atoms with Crippen LogP contribution in [0.5, 0.6) is 5.75 Å². The number of nitrogens with zero attached hydrogens (tertiary/aromatic N) is 3. The molecule has 8 heteroatoms. The number of hydrogen-bond acceptors (Lipinski definition) is 5. The van der Waals surface area contributed by atoms with E-state index in [4.69, 9.17) is 9.73 Å². The second kappa shape index (κ2) is 10.3. The van der Waals surface area contributed by atoms with Gasteiger partial charge in [0.15, 0.2) is 4.80 Å². The van der Waals surface area contributed by atoms with Gasteiger partial charge < -0.3 is 9.30 Å². The molecule has 166 valence electrons. The van der Waals surface area contributed by atoms with Crippen molar-refractivity contribution in [1.82, 2.24) is 8.87 Å². The van der Waals surface area contributed by atoms with E-state index >= 15 is 0 Å². The second-order valence-corrected chi connectivity index (χ2v) is 10.2. The molecule has 31 heavy (non-hydrogen) atoms. The molecule has 0 saturated carbocycles. The van der Waals surface area contributed by atoms with E-state index in [1.807, 2.05) is 43.3 Å². The monoisotopic (exact) mass is 459 g/mol. The highest BCUT2D eigenvalue weighted by Crippen LogP contribution is 2.24. The number of ether oxygens (including phenoxy) is 1. The average Bonchev–Trinajstić information content (AvgIpc) is 3.16. The first-order valence-corrected chi connectivity index (χ1v) is 12.7. The van der Waals surface area contributed by atoms with Crippen molar-refractivity contribution in [2.24, 2.45) is 4.99 Å². The van der Waals surface area contributed by atoms with Crippen LogP contribution in [0.25, 0.3) is 11.3 Å². The number of rotatable bonds is 9. The van der Waals surface area contributed by atoms with E-state index in [-0.39, 0.29) is 4.90 Å². The molecule has 3 aromatic rings. The largest absolute Gasteiger partial charge is 0.494 e. The fourth-order valence-corrected chi connectivity index (χ4v) is 4.94. The van der Waals surface area contributed by atoms with Crippen molar-refractivity contribution >= 4 is 27.0 Å². The molecule has 0 N–H and O–H groups in total. The molecule has 0 fully saturated rings. The van der Waals surface area contributed by atoms with Gasteiger partial charge in [0.1, 0.15) is 5.75 Å². The predicted molar refractivity (Wildman–Crippen MR) is 126 cm³/mol. The van der Waals surface area contributed by atoms with Gasteiger partial charge >= 0.3 is 0 Å². The second-order valence-electron chi connectivity index (χ2n) is 7.26. The van der Waals surface area contributed by atoms with Gasteiger partial charge in [0.05, 0.1) is 22.9 Å². The SMILES string of the molecule is CCCCn1c(-c2ccc(S(=O)(=O)N(C)C)cc2)csc1=Nc1ccc(OCC)cc1. The molecule has 0 atom stereocenters. The van der Waals surface area contributed by atoms with Crippen molar-refractivity contribution in [3.63, 3.8) is 0 Å². The lowest BCUT2D eigenvalue weighted by molar-refractivity contribution is 0.340. The predicted octanol–water partition coefficient (Wildman–Crippen LogP) is 4.90. The van der Waals surface area contributed by atoms with E-state index in [2.05, 4.69) is 16.9 Å². The maximum atomic E-state index is 12.4. The molecule has 0 unspecified atom stereocenters. The van der Waals surface area contributed by atoms with Gasteiger partial charge in [0.25, 0.3) is 0 Å². The number of aromatic nitrogens is 1. The highest BCUT2D eigenvalue weighted by Gasteiger charge is 2.17. The summed E-state index contributed by atoms with van der Waals surface area (Å²) >= 11 is 1.58. The smallest absolute Gasteiger partial charge is 0.242 e. The fourth-order valence-electron chi connectivity index (χ4n) is 3.08. The van der Waals surface area contributed by atoms with E-state index in [1.165, 1.54) is 18.4 Å². The molecule has 1 heterocycles. The minimum atomic E-state index is -3.44. The van der Waals surface area contributed by atoms with E-state index in [0.29, 0.717) is 6.61 Å². The van der Waals surface area contributed by atoms with Crippen LogP contribution in [-0.4, -0.2) is 38.0 Å². The van der Waals surface area contributed by atoms with Crippen LogP contribution in [0, 0.1) is 0 Å². The maximum Gasteiger partial charge on any atom is 0.242 e. The Morgan fingerprint density at radius 2 is 1.71 bits per heavy atom. The number of hydrogen-bond donors (Lipinski definition) is 0. The molecule has 0 aliphatic carbocycles. The van der Waals surface area contributed by atoms with E-state index in [1.54, 1.807) is 23.5 Å². The molecule has 0 aliphatic rings. The molecule has 0 spiro atoms. The molecule has 0 aliphatic heterocycles. The molecular weight excluding hydrogens is 430 g/mol.